The molecule has 1 saturated heterocycles. The molecular formula is C24H23N4O3S. The zero-order valence-electron chi connectivity index (χ0n) is 17.7. The van der Waals surface area contributed by atoms with Gasteiger partial charge in [0.1, 0.15) is 0 Å². The van der Waals surface area contributed by atoms with Gasteiger partial charge in [-0.3, -0.25) is 4.90 Å². The van der Waals surface area contributed by atoms with Gasteiger partial charge in [-0.1, -0.05) is 30.3 Å². The molecule has 4 aromatic rings. The van der Waals surface area contributed by atoms with Crippen molar-refractivity contribution in [3.8, 4) is 22.5 Å². The van der Waals surface area contributed by atoms with E-state index in [0.29, 0.717) is 16.4 Å². The molecule has 1 aliphatic rings. The van der Waals surface area contributed by atoms with Crippen molar-refractivity contribution in [3.05, 3.63) is 72.4 Å². The lowest BCUT2D eigenvalue weighted by molar-refractivity contribution is 0.0342. The van der Waals surface area contributed by atoms with Crippen LogP contribution in [0.25, 0.3) is 28.2 Å². The first kappa shape index (κ1) is 20.8. The van der Waals surface area contributed by atoms with Crippen LogP contribution in [-0.2, 0) is 21.1 Å². The second kappa shape index (κ2) is 8.46. The van der Waals surface area contributed by atoms with E-state index in [9.17, 15) is 8.42 Å². The van der Waals surface area contributed by atoms with Crippen molar-refractivity contribution in [2.45, 2.75) is 11.4 Å². The van der Waals surface area contributed by atoms with Crippen LogP contribution in [-0.4, -0.2) is 60.5 Å². The smallest absolute Gasteiger partial charge is 0.183 e. The molecule has 1 fully saturated rings. The van der Waals surface area contributed by atoms with Crippen molar-refractivity contribution in [1.82, 2.24) is 19.5 Å². The molecule has 3 heterocycles. The minimum absolute atomic E-state index is 0.294. The van der Waals surface area contributed by atoms with E-state index in [0.717, 1.165) is 55.1 Å². The van der Waals surface area contributed by atoms with E-state index in [-0.39, 0.29) is 0 Å². The standard InChI is InChI=1S/C24H23N4O3S/c1-32(29,30)20-10-8-18(9-11-20)22-7-4-12-28-24(22)25-23(26-28)21-6-3-2-5-19(21)17-27-13-15-31-16-14-27/h2-5,7-12H,13-17H2,1H3. The summed E-state index contributed by atoms with van der Waals surface area (Å²) in [7, 11) is -3.24. The van der Waals surface area contributed by atoms with Gasteiger partial charge >= 0.3 is 0 Å². The molecule has 0 amide bonds. The average Bonchev–Trinajstić information content (AvgIpc) is 3.24. The molecule has 7 nitrogen and oxygen atoms in total. The Labute approximate surface area is 187 Å². The highest BCUT2D eigenvalue weighted by atomic mass is 32.2. The lowest BCUT2D eigenvalue weighted by atomic mass is 10.1. The number of morpholine rings is 1. The number of sulfone groups is 1. The Bertz CT molecular complexity index is 1360. The highest BCUT2D eigenvalue weighted by Crippen LogP contribution is 2.28. The molecule has 0 atom stereocenters. The predicted molar refractivity (Wildman–Crippen MR) is 122 cm³/mol. The Morgan fingerprint density at radius 2 is 1.84 bits per heavy atom. The number of ether oxygens (including phenoxy) is 1. The van der Waals surface area contributed by atoms with E-state index in [4.69, 9.17) is 14.8 Å². The Morgan fingerprint density at radius 3 is 2.59 bits per heavy atom. The molecule has 8 heteroatoms. The number of fused-ring (bicyclic) bond motifs is 1. The third-order valence-corrected chi connectivity index (χ3v) is 6.75. The van der Waals surface area contributed by atoms with Crippen LogP contribution in [0.5, 0.6) is 0 Å². The molecule has 2 aromatic carbocycles. The van der Waals surface area contributed by atoms with E-state index >= 15 is 0 Å². The monoisotopic (exact) mass is 447 g/mol. The van der Waals surface area contributed by atoms with Gasteiger partial charge in [0.25, 0.3) is 0 Å². The average molecular weight is 448 g/mol. The number of rotatable bonds is 5. The number of benzene rings is 2. The molecule has 5 rings (SSSR count). The van der Waals surface area contributed by atoms with Crippen LogP contribution in [0.1, 0.15) is 5.56 Å². The van der Waals surface area contributed by atoms with E-state index in [1.165, 1.54) is 6.26 Å². The summed E-state index contributed by atoms with van der Waals surface area (Å²) < 4.78 is 30.8. The van der Waals surface area contributed by atoms with Gasteiger partial charge in [0.2, 0.25) is 0 Å². The first-order valence-corrected chi connectivity index (χ1v) is 12.3. The largest absolute Gasteiger partial charge is 0.379 e. The zero-order chi connectivity index (χ0) is 22.1. The molecule has 0 aliphatic carbocycles. The Morgan fingerprint density at radius 1 is 1.06 bits per heavy atom. The molecular weight excluding hydrogens is 424 g/mol. The van der Waals surface area contributed by atoms with Crippen LogP contribution in [0, 0.1) is 6.07 Å². The van der Waals surface area contributed by atoms with Crippen LogP contribution < -0.4 is 0 Å². The van der Waals surface area contributed by atoms with Gasteiger partial charge in [0.15, 0.2) is 21.3 Å². The van der Waals surface area contributed by atoms with Crippen LogP contribution in [0.2, 0.25) is 0 Å². The molecule has 0 spiro atoms. The van der Waals surface area contributed by atoms with Gasteiger partial charge in [0.05, 0.1) is 18.1 Å². The predicted octanol–water partition coefficient (Wildman–Crippen LogP) is 3.10. The fourth-order valence-electron chi connectivity index (χ4n) is 3.93. The van der Waals surface area contributed by atoms with Crippen LogP contribution in [0.15, 0.2) is 65.7 Å². The van der Waals surface area contributed by atoms with Gasteiger partial charge in [0, 0.05) is 43.2 Å². The minimum Gasteiger partial charge on any atom is -0.379 e. The Hall–Kier alpha value is -3.07. The van der Waals surface area contributed by atoms with Crippen molar-refractivity contribution in [1.29, 1.82) is 0 Å². The van der Waals surface area contributed by atoms with Crippen molar-refractivity contribution >= 4 is 15.5 Å². The third kappa shape index (κ3) is 4.17. The topological polar surface area (TPSA) is 76.8 Å². The Kier molecular flexibility index (Phi) is 5.50. The van der Waals surface area contributed by atoms with E-state index < -0.39 is 9.84 Å². The number of pyridine rings is 1. The summed E-state index contributed by atoms with van der Waals surface area (Å²) in [4.78, 5) is 7.50. The SMILES string of the molecule is CS(=O)(=O)c1ccc(-c2cccn3nc(-c4[c]cccc4CN4CCOCC4)nc23)cc1. The number of nitrogens with zero attached hydrogens (tertiary/aromatic N) is 4. The molecule has 0 saturated carbocycles. The molecule has 0 N–H and O–H groups in total. The number of hydrogen-bond acceptors (Lipinski definition) is 6. The summed E-state index contributed by atoms with van der Waals surface area (Å²) in [6, 6.07) is 20.0. The van der Waals surface area contributed by atoms with Gasteiger partial charge < -0.3 is 4.74 Å². The normalized spacial score (nSPS) is 15.3. The lowest BCUT2D eigenvalue weighted by Gasteiger charge is -2.27. The van der Waals surface area contributed by atoms with Crippen molar-refractivity contribution in [2.24, 2.45) is 0 Å². The van der Waals surface area contributed by atoms with E-state index in [2.05, 4.69) is 17.0 Å². The van der Waals surface area contributed by atoms with E-state index in [1.807, 2.05) is 30.5 Å². The Balaban J connectivity index is 1.53. The molecule has 163 valence electrons. The molecule has 0 unspecified atom stereocenters. The van der Waals surface area contributed by atoms with Gasteiger partial charge in [-0.15, -0.1) is 5.10 Å². The molecule has 1 radical (unpaired) electrons. The summed E-state index contributed by atoms with van der Waals surface area (Å²) in [5.74, 6) is 0.620. The molecule has 0 bridgehead atoms. The minimum atomic E-state index is -3.24. The highest BCUT2D eigenvalue weighted by molar-refractivity contribution is 7.90. The maximum Gasteiger partial charge on any atom is 0.183 e. The van der Waals surface area contributed by atoms with Crippen LogP contribution >= 0.6 is 0 Å². The van der Waals surface area contributed by atoms with Gasteiger partial charge in [-0.2, -0.15) is 0 Å². The van der Waals surface area contributed by atoms with Gasteiger partial charge in [-0.25, -0.2) is 17.9 Å². The third-order valence-electron chi connectivity index (χ3n) is 5.62. The summed E-state index contributed by atoms with van der Waals surface area (Å²) in [5, 5.41) is 4.71. The summed E-state index contributed by atoms with van der Waals surface area (Å²) in [5.41, 5.74) is 4.50. The van der Waals surface area contributed by atoms with Crippen LogP contribution in [0.3, 0.4) is 0 Å². The summed E-state index contributed by atoms with van der Waals surface area (Å²) in [6.07, 6.45) is 3.07. The van der Waals surface area contributed by atoms with Crippen molar-refractivity contribution in [2.75, 3.05) is 32.6 Å². The number of aromatic nitrogens is 3. The van der Waals surface area contributed by atoms with E-state index in [1.54, 1.807) is 28.8 Å². The number of hydrogen-bond donors (Lipinski definition) is 0. The first-order chi connectivity index (χ1) is 15.5. The fourth-order valence-corrected chi connectivity index (χ4v) is 4.56. The highest BCUT2D eigenvalue weighted by Gasteiger charge is 2.17. The summed E-state index contributed by atoms with van der Waals surface area (Å²) >= 11 is 0. The first-order valence-electron chi connectivity index (χ1n) is 10.4. The van der Waals surface area contributed by atoms with Crippen LogP contribution in [0.4, 0.5) is 0 Å². The van der Waals surface area contributed by atoms with Crippen molar-refractivity contribution < 1.29 is 13.2 Å². The summed E-state index contributed by atoms with van der Waals surface area (Å²) in [6.45, 7) is 4.10. The molecule has 2 aromatic heterocycles. The molecule has 32 heavy (non-hydrogen) atoms. The molecule has 1 aliphatic heterocycles. The maximum atomic E-state index is 11.8. The maximum absolute atomic E-state index is 11.8. The second-order valence-corrected chi connectivity index (χ2v) is 9.90. The zero-order valence-corrected chi connectivity index (χ0v) is 18.5. The fraction of sp³-hybridized carbons (Fsp3) is 0.250. The van der Waals surface area contributed by atoms with Crippen molar-refractivity contribution in [3.63, 3.8) is 0 Å². The van der Waals surface area contributed by atoms with Gasteiger partial charge in [-0.05, 0) is 41.5 Å². The second-order valence-electron chi connectivity index (χ2n) is 7.88. The quantitative estimate of drug-likeness (QED) is 0.468. The lowest BCUT2D eigenvalue weighted by Crippen LogP contribution is -2.35.